The molecule has 0 unspecified atom stereocenters. The highest BCUT2D eigenvalue weighted by Gasteiger charge is 2.18. The van der Waals surface area contributed by atoms with Crippen molar-refractivity contribution in [1.29, 1.82) is 0 Å². The monoisotopic (exact) mass is 340 g/mol. The third kappa shape index (κ3) is 3.46. The van der Waals surface area contributed by atoms with E-state index in [0.29, 0.717) is 12.3 Å². The van der Waals surface area contributed by atoms with Gasteiger partial charge in [0.05, 0.1) is 24.1 Å². The molecule has 0 spiro atoms. The Labute approximate surface area is 147 Å². The molecule has 132 valence electrons. The number of para-hydroxylation sites is 2. The van der Waals surface area contributed by atoms with E-state index in [-0.39, 0.29) is 6.61 Å². The minimum atomic E-state index is -0.0706. The Morgan fingerprint density at radius 1 is 1.00 bits per heavy atom. The number of rotatable bonds is 5. The third-order valence-electron chi connectivity index (χ3n) is 4.88. The lowest BCUT2D eigenvalue weighted by molar-refractivity contribution is 0.144. The summed E-state index contributed by atoms with van der Waals surface area (Å²) in [6.45, 7) is 5.72. The van der Waals surface area contributed by atoms with Gasteiger partial charge in [0.2, 0.25) is 0 Å². The highest BCUT2D eigenvalue weighted by atomic mass is 16.4. The zero-order valence-electron chi connectivity index (χ0n) is 14.6. The topological polar surface area (TPSA) is 57.7 Å². The number of fused-ring (bicyclic) bond motifs is 1. The van der Waals surface area contributed by atoms with Crippen LogP contribution in [0.5, 0.6) is 0 Å². The van der Waals surface area contributed by atoms with Crippen LogP contribution in [0.2, 0.25) is 0 Å². The first kappa shape index (κ1) is 16.3. The number of aliphatic hydroxyl groups excluding tert-OH is 1. The number of benzene rings is 1. The average Bonchev–Trinajstić information content (AvgIpc) is 3.22. The summed E-state index contributed by atoms with van der Waals surface area (Å²) >= 11 is 0. The molecule has 6 heteroatoms. The molecule has 2 aromatic heterocycles. The van der Waals surface area contributed by atoms with Gasteiger partial charge in [-0.1, -0.05) is 12.1 Å². The number of imidazole rings is 1. The number of aromatic nitrogens is 2. The lowest BCUT2D eigenvalue weighted by Gasteiger charge is -2.32. The Balaban J connectivity index is 1.63. The van der Waals surface area contributed by atoms with Crippen molar-refractivity contribution in [2.75, 3.05) is 33.2 Å². The van der Waals surface area contributed by atoms with Crippen molar-refractivity contribution < 1.29 is 9.52 Å². The summed E-state index contributed by atoms with van der Waals surface area (Å²) in [5.74, 6) is 2.50. The van der Waals surface area contributed by atoms with Crippen LogP contribution in [0.1, 0.15) is 17.3 Å². The molecule has 25 heavy (non-hydrogen) atoms. The number of hydrogen-bond donors (Lipinski definition) is 1. The van der Waals surface area contributed by atoms with E-state index in [9.17, 15) is 5.11 Å². The summed E-state index contributed by atoms with van der Waals surface area (Å²) in [5.41, 5.74) is 2.13. The first-order chi connectivity index (χ1) is 12.2. The second-order valence-electron chi connectivity index (χ2n) is 6.71. The fourth-order valence-electron chi connectivity index (χ4n) is 3.38. The fourth-order valence-corrected chi connectivity index (χ4v) is 3.38. The zero-order chi connectivity index (χ0) is 17.2. The largest absolute Gasteiger partial charge is 0.462 e. The van der Waals surface area contributed by atoms with Crippen molar-refractivity contribution in [2.24, 2.45) is 0 Å². The van der Waals surface area contributed by atoms with Crippen LogP contribution in [0.25, 0.3) is 11.0 Å². The molecule has 0 aliphatic carbocycles. The standard InChI is InChI=1S/C19H24N4O2/c1-21-8-10-22(11-9-21)13-19-20-17-4-2-3-5-18(17)23(19)12-15-6-7-16(14-24)25-15/h2-7,24H,8-14H2,1H3. The Kier molecular flexibility index (Phi) is 4.57. The van der Waals surface area contributed by atoms with Crippen LogP contribution in [0.3, 0.4) is 0 Å². The van der Waals surface area contributed by atoms with E-state index in [1.165, 1.54) is 0 Å². The van der Waals surface area contributed by atoms with E-state index in [4.69, 9.17) is 9.40 Å². The molecule has 1 aliphatic rings. The predicted octanol–water partition coefficient (Wildman–Crippen LogP) is 1.92. The van der Waals surface area contributed by atoms with Gasteiger partial charge in [-0.05, 0) is 31.3 Å². The van der Waals surface area contributed by atoms with E-state index in [2.05, 4.69) is 33.5 Å². The van der Waals surface area contributed by atoms with E-state index in [1.807, 2.05) is 24.3 Å². The van der Waals surface area contributed by atoms with Crippen LogP contribution in [0.15, 0.2) is 40.8 Å². The Morgan fingerprint density at radius 2 is 1.76 bits per heavy atom. The molecular weight excluding hydrogens is 316 g/mol. The van der Waals surface area contributed by atoms with Crippen molar-refractivity contribution in [3.8, 4) is 0 Å². The number of likely N-dealkylation sites (N-methyl/N-ethyl adjacent to an activating group) is 1. The number of hydrogen-bond acceptors (Lipinski definition) is 5. The smallest absolute Gasteiger partial charge is 0.129 e. The fraction of sp³-hybridized carbons (Fsp3) is 0.421. The number of nitrogens with zero attached hydrogens (tertiary/aromatic N) is 4. The van der Waals surface area contributed by atoms with Crippen LogP contribution in [-0.2, 0) is 19.7 Å². The van der Waals surface area contributed by atoms with Crippen LogP contribution < -0.4 is 0 Å². The van der Waals surface area contributed by atoms with E-state index in [1.54, 1.807) is 0 Å². The molecule has 0 atom stereocenters. The Bertz CT molecular complexity index is 846. The molecule has 0 amide bonds. The normalized spacial score (nSPS) is 16.7. The van der Waals surface area contributed by atoms with E-state index >= 15 is 0 Å². The van der Waals surface area contributed by atoms with Gasteiger partial charge in [-0.25, -0.2) is 4.98 Å². The molecule has 4 rings (SSSR count). The molecule has 1 N–H and O–H groups in total. The zero-order valence-corrected chi connectivity index (χ0v) is 14.6. The molecule has 0 saturated carbocycles. The Morgan fingerprint density at radius 3 is 2.52 bits per heavy atom. The maximum atomic E-state index is 9.22. The van der Waals surface area contributed by atoms with Gasteiger partial charge in [0, 0.05) is 26.2 Å². The van der Waals surface area contributed by atoms with Crippen molar-refractivity contribution in [1.82, 2.24) is 19.4 Å². The molecule has 1 aromatic carbocycles. The number of piperazine rings is 1. The van der Waals surface area contributed by atoms with Crippen LogP contribution in [0, 0.1) is 0 Å². The summed E-state index contributed by atoms with van der Waals surface area (Å²) in [4.78, 5) is 9.68. The molecular formula is C19H24N4O2. The molecule has 1 aliphatic heterocycles. The van der Waals surface area contributed by atoms with Gasteiger partial charge < -0.3 is 19.0 Å². The summed E-state index contributed by atoms with van der Waals surface area (Å²) < 4.78 is 7.93. The summed E-state index contributed by atoms with van der Waals surface area (Å²) in [6.07, 6.45) is 0. The van der Waals surface area contributed by atoms with Crippen molar-refractivity contribution in [3.63, 3.8) is 0 Å². The second kappa shape index (κ2) is 7.00. The number of aliphatic hydroxyl groups is 1. The highest BCUT2D eigenvalue weighted by Crippen LogP contribution is 2.20. The highest BCUT2D eigenvalue weighted by molar-refractivity contribution is 5.76. The Hall–Kier alpha value is -2.15. The maximum Gasteiger partial charge on any atom is 0.129 e. The van der Waals surface area contributed by atoms with Crippen molar-refractivity contribution in [3.05, 3.63) is 53.7 Å². The first-order valence-corrected chi connectivity index (χ1v) is 8.76. The third-order valence-corrected chi connectivity index (χ3v) is 4.88. The van der Waals surface area contributed by atoms with Gasteiger partial charge >= 0.3 is 0 Å². The lowest BCUT2D eigenvalue weighted by Crippen LogP contribution is -2.44. The van der Waals surface area contributed by atoms with Gasteiger partial charge in [0.15, 0.2) is 0 Å². The van der Waals surface area contributed by atoms with Crippen LogP contribution >= 0.6 is 0 Å². The van der Waals surface area contributed by atoms with Gasteiger partial charge in [0.1, 0.15) is 24.0 Å². The maximum absolute atomic E-state index is 9.22. The lowest BCUT2D eigenvalue weighted by atomic mass is 10.3. The minimum Gasteiger partial charge on any atom is -0.462 e. The number of furan rings is 1. The quantitative estimate of drug-likeness (QED) is 0.769. The van der Waals surface area contributed by atoms with Gasteiger partial charge in [-0.15, -0.1) is 0 Å². The molecule has 1 fully saturated rings. The van der Waals surface area contributed by atoms with E-state index in [0.717, 1.165) is 55.3 Å². The predicted molar refractivity (Wildman–Crippen MR) is 96.2 cm³/mol. The van der Waals surface area contributed by atoms with Crippen molar-refractivity contribution >= 4 is 11.0 Å². The second-order valence-corrected chi connectivity index (χ2v) is 6.71. The molecule has 0 radical (unpaired) electrons. The van der Waals surface area contributed by atoms with Crippen LogP contribution in [0.4, 0.5) is 0 Å². The van der Waals surface area contributed by atoms with Crippen molar-refractivity contribution in [2.45, 2.75) is 19.7 Å². The van der Waals surface area contributed by atoms with Gasteiger partial charge in [0.25, 0.3) is 0 Å². The average molecular weight is 340 g/mol. The van der Waals surface area contributed by atoms with Gasteiger partial charge in [-0.2, -0.15) is 0 Å². The summed E-state index contributed by atoms with van der Waals surface area (Å²) in [5, 5.41) is 9.22. The first-order valence-electron chi connectivity index (χ1n) is 8.76. The summed E-state index contributed by atoms with van der Waals surface area (Å²) in [7, 11) is 2.17. The SMILES string of the molecule is CN1CCN(Cc2nc3ccccc3n2Cc2ccc(CO)o2)CC1. The van der Waals surface area contributed by atoms with Gasteiger partial charge in [-0.3, -0.25) is 4.90 Å². The molecule has 6 nitrogen and oxygen atoms in total. The molecule has 1 saturated heterocycles. The minimum absolute atomic E-state index is 0.0706. The molecule has 0 bridgehead atoms. The summed E-state index contributed by atoms with van der Waals surface area (Å²) in [6, 6.07) is 12.0. The van der Waals surface area contributed by atoms with E-state index < -0.39 is 0 Å². The van der Waals surface area contributed by atoms with Crippen LogP contribution in [-0.4, -0.2) is 57.7 Å². The molecule has 3 heterocycles. The molecule has 3 aromatic rings.